The number of nitrogens with one attached hydrogen (secondary N) is 1. The van der Waals surface area contributed by atoms with Gasteiger partial charge in [-0.2, -0.15) is 0 Å². The van der Waals surface area contributed by atoms with Gasteiger partial charge in [-0.1, -0.05) is 19.9 Å². The van der Waals surface area contributed by atoms with Gasteiger partial charge in [0.15, 0.2) is 0 Å². The molecule has 0 saturated heterocycles. The minimum Gasteiger partial charge on any atom is -0.271 e. The fourth-order valence-electron chi connectivity index (χ4n) is 1.58. The normalized spacial score (nSPS) is 13.1. The number of hydrogen-bond donors (Lipinski definition) is 2. The summed E-state index contributed by atoms with van der Waals surface area (Å²) in [4.78, 5) is 4.08. The summed E-state index contributed by atoms with van der Waals surface area (Å²) >= 11 is 0. The van der Waals surface area contributed by atoms with Gasteiger partial charge in [-0.25, -0.2) is 0 Å². The standard InChI is InChI=1S/C11H19N3/c1-9(2)6-11(14-12)7-10-4-3-5-13-8-10/h3-5,8-9,11,14H,6-7,12H2,1-2H3. The molecule has 1 aromatic rings. The molecule has 0 spiro atoms. The highest BCUT2D eigenvalue weighted by Gasteiger charge is 2.09. The Bertz CT molecular complexity index is 246. The number of nitrogens with two attached hydrogens (primary N) is 1. The highest BCUT2D eigenvalue weighted by Crippen LogP contribution is 2.09. The molecule has 0 aromatic carbocycles. The molecule has 1 heterocycles. The Hall–Kier alpha value is -0.930. The van der Waals surface area contributed by atoms with Crippen molar-refractivity contribution in [2.24, 2.45) is 11.8 Å². The van der Waals surface area contributed by atoms with E-state index in [9.17, 15) is 0 Å². The highest BCUT2D eigenvalue weighted by atomic mass is 15.2. The first kappa shape index (κ1) is 11.1. The van der Waals surface area contributed by atoms with Gasteiger partial charge < -0.3 is 0 Å². The first-order valence-corrected chi connectivity index (χ1v) is 5.07. The van der Waals surface area contributed by atoms with Gasteiger partial charge in [0.2, 0.25) is 0 Å². The second-order valence-electron chi connectivity index (χ2n) is 4.06. The third-order valence-corrected chi connectivity index (χ3v) is 2.20. The first-order valence-electron chi connectivity index (χ1n) is 5.07. The van der Waals surface area contributed by atoms with Crippen molar-refractivity contribution in [3.8, 4) is 0 Å². The fourth-order valence-corrected chi connectivity index (χ4v) is 1.58. The lowest BCUT2D eigenvalue weighted by Crippen LogP contribution is -2.37. The molecule has 0 fully saturated rings. The summed E-state index contributed by atoms with van der Waals surface area (Å²) < 4.78 is 0. The Morgan fingerprint density at radius 3 is 2.79 bits per heavy atom. The Morgan fingerprint density at radius 1 is 1.50 bits per heavy atom. The number of aromatic nitrogens is 1. The summed E-state index contributed by atoms with van der Waals surface area (Å²) in [6.07, 6.45) is 5.72. The Kier molecular flexibility index (Phi) is 4.56. The van der Waals surface area contributed by atoms with Crippen LogP contribution in [0, 0.1) is 5.92 Å². The van der Waals surface area contributed by atoms with Crippen LogP contribution in [0.3, 0.4) is 0 Å². The molecule has 1 aromatic heterocycles. The molecule has 1 rings (SSSR count). The van der Waals surface area contributed by atoms with Crippen molar-refractivity contribution in [2.75, 3.05) is 0 Å². The van der Waals surface area contributed by atoms with E-state index in [1.54, 1.807) is 6.20 Å². The lowest BCUT2D eigenvalue weighted by atomic mass is 9.99. The van der Waals surface area contributed by atoms with Crippen LogP contribution in [0.1, 0.15) is 25.8 Å². The van der Waals surface area contributed by atoms with Crippen LogP contribution >= 0.6 is 0 Å². The van der Waals surface area contributed by atoms with E-state index in [4.69, 9.17) is 5.84 Å². The number of rotatable bonds is 5. The van der Waals surface area contributed by atoms with Gasteiger partial charge in [-0.15, -0.1) is 0 Å². The molecule has 3 heteroatoms. The zero-order valence-electron chi connectivity index (χ0n) is 8.90. The van der Waals surface area contributed by atoms with E-state index in [1.807, 2.05) is 12.3 Å². The molecular formula is C11H19N3. The predicted octanol–water partition coefficient (Wildman–Crippen LogP) is 1.50. The zero-order valence-corrected chi connectivity index (χ0v) is 8.90. The molecule has 1 unspecified atom stereocenters. The molecule has 0 aliphatic carbocycles. The van der Waals surface area contributed by atoms with E-state index in [1.165, 1.54) is 5.56 Å². The SMILES string of the molecule is CC(C)CC(Cc1cccnc1)NN. The molecule has 3 nitrogen and oxygen atoms in total. The summed E-state index contributed by atoms with van der Waals surface area (Å²) in [7, 11) is 0. The largest absolute Gasteiger partial charge is 0.271 e. The van der Waals surface area contributed by atoms with Crippen LogP contribution in [0.4, 0.5) is 0 Å². The summed E-state index contributed by atoms with van der Waals surface area (Å²) in [5.41, 5.74) is 4.09. The predicted molar refractivity (Wildman–Crippen MR) is 58.5 cm³/mol. The lowest BCUT2D eigenvalue weighted by molar-refractivity contribution is 0.423. The summed E-state index contributed by atoms with van der Waals surface area (Å²) in [5.74, 6) is 6.16. The fraction of sp³-hybridized carbons (Fsp3) is 0.545. The van der Waals surface area contributed by atoms with E-state index in [-0.39, 0.29) is 0 Å². The topological polar surface area (TPSA) is 50.9 Å². The summed E-state index contributed by atoms with van der Waals surface area (Å²) in [5, 5.41) is 0. The van der Waals surface area contributed by atoms with E-state index < -0.39 is 0 Å². The molecule has 14 heavy (non-hydrogen) atoms. The van der Waals surface area contributed by atoms with E-state index in [0.717, 1.165) is 12.8 Å². The maximum absolute atomic E-state index is 5.50. The van der Waals surface area contributed by atoms with Gasteiger partial charge in [0, 0.05) is 18.4 Å². The molecule has 0 saturated carbocycles. The monoisotopic (exact) mass is 193 g/mol. The second-order valence-corrected chi connectivity index (χ2v) is 4.06. The van der Waals surface area contributed by atoms with Crippen molar-refractivity contribution in [2.45, 2.75) is 32.7 Å². The molecule has 0 aliphatic heterocycles. The average Bonchev–Trinajstić information content (AvgIpc) is 2.17. The van der Waals surface area contributed by atoms with Crippen molar-refractivity contribution in [3.05, 3.63) is 30.1 Å². The Balaban J connectivity index is 2.48. The Morgan fingerprint density at radius 2 is 2.29 bits per heavy atom. The second kappa shape index (κ2) is 5.73. The maximum atomic E-state index is 5.50. The average molecular weight is 193 g/mol. The number of hydrazine groups is 1. The quantitative estimate of drug-likeness (QED) is 0.550. The number of pyridine rings is 1. The van der Waals surface area contributed by atoms with Gasteiger partial charge in [0.05, 0.1) is 0 Å². The van der Waals surface area contributed by atoms with Crippen LogP contribution in [0.2, 0.25) is 0 Å². The molecule has 0 radical (unpaired) electrons. The molecular weight excluding hydrogens is 174 g/mol. The van der Waals surface area contributed by atoms with Gasteiger partial charge in [0.25, 0.3) is 0 Å². The van der Waals surface area contributed by atoms with Gasteiger partial charge in [0.1, 0.15) is 0 Å². The van der Waals surface area contributed by atoms with Gasteiger partial charge in [-0.3, -0.25) is 16.3 Å². The molecule has 0 bridgehead atoms. The summed E-state index contributed by atoms with van der Waals surface area (Å²) in [6, 6.07) is 4.38. The van der Waals surface area contributed by atoms with Crippen molar-refractivity contribution >= 4 is 0 Å². The molecule has 78 valence electrons. The van der Waals surface area contributed by atoms with Crippen molar-refractivity contribution in [1.82, 2.24) is 10.4 Å². The smallest absolute Gasteiger partial charge is 0.0300 e. The third-order valence-electron chi connectivity index (χ3n) is 2.20. The van der Waals surface area contributed by atoms with E-state index in [2.05, 4.69) is 30.3 Å². The van der Waals surface area contributed by atoms with Gasteiger partial charge >= 0.3 is 0 Å². The van der Waals surface area contributed by atoms with Crippen LogP contribution in [0.25, 0.3) is 0 Å². The van der Waals surface area contributed by atoms with Crippen molar-refractivity contribution in [3.63, 3.8) is 0 Å². The first-order chi connectivity index (χ1) is 6.72. The zero-order chi connectivity index (χ0) is 10.4. The molecule has 3 N–H and O–H groups in total. The minimum absolute atomic E-state index is 0.346. The number of nitrogens with zero attached hydrogens (tertiary/aromatic N) is 1. The molecule has 0 amide bonds. The highest BCUT2D eigenvalue weighted by molar-refractivity contribution is 5.10. The molecule has 0 aliphatic rings. The Labute approximate surface area is 85.7 Å². The van der Waals surface area contributed by atoms with Crippen molar-refractivity contribution < 1.29 is 0 Å². The number of hydrogen-bond acceptors (Lipinski definition) is 3. The van der Waals surface area contributed by atoms with Crippen molar-refractivity contribution in [1.29, 1.82) is 0 Å². The van der Waals surface area contributed by atoms with Crippen LogP contribution < -0.4 is 11.3 Å². The molecule has 1 atom stereocenters. The van der Waals surface area contributed by atoms with Crippen LogP contribution in [-0.2, 0) is 6.42 Å². The summed E-state index contributed by atoms with van der Waals surface area (Å²) in [6.45, 7) is 4.40. The van der Waals surface area contributed by atoms with Gasteiger partial charge in [-0.05, 0) is 30.4 Å². The lowest BCUT2D eigenvalue weighted by Gasteiger charge is -2.17. The maximum Gasteiger partial charge on any atom is 0.0300 e. The minimum atomic E-state index is 0.346. The van der Waals surface area contributed by atoms with Crippen LogP contribution in [-0.4, -0.2) is 11.0 Å². The van der Waals surface area contributed by atoms with E-state index in [0.29, 0.717) is 12.0 Å². The van der Waals surface area contributed by atoms with E-state index >= 15 is 0 Å². The van der Waals surface area contributed by atoms with Crippen LogP contribution in [0.15, 0.2) is 24.5 Å². The van der Waals surface area contributed by atoms with Crippen LogP contribution in [0.5, 0.6) is 0 Å². The third kappa shape index (κ3) is 3.85.